The summed E-state index contributed by atoms with van der Waals surface area (Å²) in [5.74, 6) is -1.22. The van der Waals surface area contributed by atoms with Crippen molar-refractivity contribution in [2.45, 2.75) is 117 Å². The average molecular weight is 1320 g/mol. The molecule has 520 valence electrons. The molecule has 0 saturated carbocycles. The first kappa shape index (κ1) is 77.6. The van der Waals surface area contributed by atoms with E-state index in [1.807, 2.05) is 6.92 Å². The van der Waals surface area contributed by atoms with E-state index < -0.39 is 5.41 Å². The number of nitrogens with one attached hydrogen (secondary N) is 7. The first-order chi connectivity index (χ1) is 45.2. The second-order valence-electron chi connectivity index (χ2n) is 21.4. The average Bonchev–Trinajstić information content (AvgIpc) is 2.90. The van der Waals surface area contributed by atoms with Gasteiger partial charge in [-0.25, -0.2) is 18.7 Å². The summed E-state index contributed by atoms with van der Waals surface area (Å²) in [6.07, 6.45) is 10.8. The Bertz CT molecular complexity index is 2410. The Balaban J connectivity index is 1.27. The predicted molar refractivity (Wildman–Crippen MR) is 330 cm³/mol. The number of aromatic nitrogens is 12. The smallest absolute Gasteiger partial charge is 0.222 e. The number of rotatable bonds is 57. The molecular formula is C58H97N19O16. The number of amides is 7. The van der Waals surface area contributed by atoms with Crippen LogP contribution in [0.3, 0.4) is 0 Å². The highest BCUT2D eigenvalue weighted by atomic mass is 16.5. The van der Waals surface area contributed by atoms with Gasteiger partial charge in [0.2, 0.25) is 41.4 Å². The van der Waals surface area contributed by atoms with E-state index in [-0.39, 0.29) is 178 Å². The number of ether oxygens (including phenoxy) is 8. The maximum Gasteiger partial charge on any atom is 0.222 e. The Kier molecular flexibility index (Phi) is 40.1. The zero-order chi connectivity index (χ0) is 67.0. The van der Waals surface area contributed by atoms with Crippen molar-refractivity contribution in [2.75, 3.05) is 153 Å². The normalized spacial score (nSPS) is 11.4. The summed E-state index contributed by atoms with van der Waals surface area (Å²) >= 11 is 0. The summed E-state index contributed by atoms with van der Waals surface area (Å²) < 4.78 is 53.8. The lowest BCUT2D eigenvalue weighted by Crippen LogP contribution is -2.43. The van der Waals surface area contributed by atoms with E-state index in [4.69, 9.17) is 37.9 Å². The van der Waals surface area contributed by atoms with Gasteiger partial charge in [-0.3, -0.25) is 38.4 Å². The second-order valence-corrected chi connectivity index (χ2v) is 21.4. The Hall–Kier alpha value is -7.80. The van der Waals surface area contributed by atoms with Gasteiger partial charge in [0.25, 0.3) is 0 Å². The zero-order valence-corrected chi connectivity index (χ0v) is 54.4. The van der Waals surface area contributed by atoms with E-state index in [1.165, 1.54) is 0 Å². The summed E-state index contributed by atoms with van der Waals surface area (Å²) in [4.78, 5) is 98.1. The summed E-state index contributed by atoms with van der Waals surface area (Å²) in [6.45, 7) is 6.66. The molecule has 0 bridgehead atoms. The molecular weight excluding hydrogens is 1220 g/mol. The molecule has 0 unspecified atom stereocenters. The fourth-order valence-corrected chi connectivity index (χ4v) is 8.30. The van der Waals surface area contributed by atoms with Gasteiger partial charge < -0.3 is 75.1 Å². The van der Waals surface area contributed by atoms with Crippen LogP contribution in [0.4, 0.5) is 0 Å². The van der Waals surface area contributed by atoms with Gasteiger partial charge in [-0.1, -0.05) is 27.8 Å². The van der Waals surface area contributed by atoms with Gasteiger partial charge in [0.05, 0.1) is 160 Å². The molecule has 0 aliphatic rings. The Morgan fingerprint density at radius 2 is 0.602 bits per heavy atom. The van der Waals surface area contributed by atoms with Crippen LogP contribution in [0.15, 0.2) is 24.8 Å². The fraction of sp³-hybridized carbons (Fsp3) is 0.724. The molecule has 0 spiro atoms. The number of hydrogen-bond acceptors (Lipinski definition) is 24. The molecule has 0 saturated heterocycles. The van der Waals surface area contributed by atoms with E-state index in [0.717, 1.165) is 5.69 Å². The van der Waals surface area contributed by atoms with Gasteiger partial charge in [-0.2, -0.15) is 0 Å². The number of Topliss-reactive ketones (excluding diaryl/α,β-unsaturated/α-hetero) is 1. The molecule has 4 aromatic heterocycles. The highest BCUT2D eigenvalue weighted by Gasteiger charge is 2.33. The molecule has 0 fully saturated rings. The van der Waals surface area contributed by atoms with Gasteiger partial charge in [-0.05, 0) is 6.42 Å². The zero-order valence-electron chi connectivity index (χ0n) is 54.4. The number of carbonyl (C=O) groups is 8. The van der Waals surface area contributed by atoms with E-state index in [2.05, 4.69) is 78.5 Å². The summed E-state index contributed by atoms with van der Waals surface area (Å²) in [6, 6.07) is 0. The summed E-state index contributed by atoms with van der Waals surface area (Å²) in [5.41, 5.74) is 1.75. The minimum atomic E-state index is -1.06. The molecule has 0 atom stereocenters. The quantitative estimate of drug-likeness (QED) is 0.0220. The van der Waals surface area contributed by atoms with Crippen molar-refractivity contribution in [2.24, 2.45) is 5.41 Å². The van der Waals surface area contributed by atoms with Crippen LogP contribution < -0.4 is 37.2 Å². The van der Waals surface area contributed by atoms with Crippen molar-refractivity contribution in [3.63, 3.8) is 0 Å². The van der Waals surface area contributed by atoms with Crippen LogP contribution in [-0.2, 0) is 128 Å². The van der Waals surface area contributed by atoms with Crippen LogP contribution >= 0.6 is 0 Å². The molecule has 0 radical (unpaired) electrons. The maximum atomic E-state index is 12.9. The number of ketones is 1. The van der Waals surface area contributed by atoms with Gasteiger partial charge in [0.1, 0.15) is 5.78 Å². The summed E-state index contributed by atoms with van der Waals surface area (Å²) in [5, 5.41) is 51.6. The third-order valence-corrected chi connectivity index (χ3v) is 13.7. The predicted octanol–water partition coefficient (Wildman–Crippen LogP) is -2.75. The second kappa shape index (κ2) is 48.0. The van der Waals surface area contributed by atoms with Crippen molar-refractivity contribution < 1.29 is 76.3 Å². The van der Waals surface area contributed by atoms with Crippen LogP contribution in [-0.4, -0.2) is 260 Å². The van der Waals surface area contributed by atoms with Crippen molar-refractivity contribution in [3.8, 4) is 0 Å². The largest absolute Gasteiger partial charge is 0.380 e. The molecule has 7 amide bonds. The van der Waals surface area contributed by atoms with E-state index in [0.29, 0.717) is 127 Å². The molecule has 0 aliphatic heterocycles. The van der Waals surface area contributed by atoms with Crippen molar-refractivity contribution in [1.82, 2.24) is 97.2 Å². The van der Waals surface area contributed by atoms with E-state index in [9.17, 15) is 38.4 Å². The highest BCUT2D eigenvalue weighted by Crippen LogP contribution is 2.22. The van der Waals surface area contributed by atoms with Crippen LogP contribution in [0.5, 0.6) is 0 Å². The molecule has 0 aromatic carbocycles. The third-order valence-electron chi connectivity index (χ3n) is 13.7. The minimum Gasteiger partial charge on any atom is -0.380 e. The molecule has 35 heteroatoms. The Morgan fingerprint density at radius 3 is 0.849 bits per heavy atom. The highest BCUT2D eigenvalue weighted by molar-refractivity contribution is 5.79. The topological polar surface area (TPSA) is 417 Å². The lowest BCUT2D eigenvalue weighted by Gasteiger charge is -2.33. The molecule has 93 heavy (non-hydrogen) atoms. The van der Waals surface area contributed by atoms with Crippen LogP contribution in [0, 0.1) is 5.41 Å². The number of hydrogen-bond donors (Lipinski definition) is 7. The van der Waals surface area contributed by atoms with Crippen molar-refractivity contribution >= 4 is 47.1 Å². The van der Waals surface area contributed by atoms with Gasteiger partial charge in [0, 0.05) is 149 Å². The standard InChI is InChI=1S/C58H97N19O16/c1-5-50(78)10-6-46-38-74(70-66-46)22-34-86-30-18-62-54(82)14-26-90-42-58(43-91-27-15-55(83)63-19-31-87-35-23-75-39-47(67-71-75)7-11-51(79)59-2,44-92-28-16-56(84)64-20-32-88-36-24-76-40-48(68-72-76)8-12-52(80)60-3)45-93-29-17-57(85)65-21-33-89-37-25-77-41-49(69-73-77)9-13-53(81)61-4/h38-41H,5-37,42-45H2,1-4H3,(H,59,79)(H,60,80)(H,61,81)(H,62,82)(H,63,83)(H,64,84)(H,65,85). The molecule has 35 nitrogen and oxygen atoms in total. The first-order valence-electron chi connectivity index (χ1n) is 31.6. The molecule has 4 rings (SSSR count). The molecule has 4 aromatic rings. The SMILES string of the molecule is CCC(=O)CCc1cn(CCOCCNC(=O)CCOCC(COCCC(=O)NCCOCCn2cc(CCC(=O)NC)nn2)(COCCC(=O)NCCOCCn2cc(CCC(=O)NC)nn2)COCCC(=O)NCCOCCn2cc(CCC(=O)NC)nn2)nn1. The third kappa shape index (κ3) is 36.9. The first-order valence-corrected chi connectivity index (χ1v) is 31.6. The van der Waals surface area contributed by atoms with E-state index in [1.54, 1.807) is 64.7 Å². The van der Waals surface area contributed by atoms with Crippen molar-refractivity contribution in [1.29, 1.82) is 0 Å². The van der Waals surface area contributed by atoms with Gasteiger partial charge >= 0.3 is 0 Å². The number of carbonyl (C=O) groups excluding carboxylic acids is 8. The van der Waals surface area contributed by atoms with Crippen molar-refractivity contribution in [3.05, 3.63) is 47.6 Å². The molecule has 4 heterocycles. The van der Waals surface area contributed by atoms with Crippen LogP contribution in [0.1, 0.15) is 87.5 Å². The maximum absolute atomic E-state index is 12.9. The summed E-state index contributed by atoms with van der Waals surface area (Å²) in [7, 11) is 4.73. The minimum absolute atomic E-state index is 0.00131. The number of aryl methyl sites for hydroxylation is 4. The van der Waals surface area contributed by atoms with Gasteiger partial charge in [0.15, 0.2) is 0 Å². The number of nitrogens with zero attached hydrogens (tertiary/aromatic N) is 12. The molecule has 0 aliphatic carbocycles. The molecule has 7 N–H and O–H groups in total. The Morgan fingerprint density at radius 1 is 0.344 bits per heavy atom. The lowest BCUT2D eigenvalue weighted by atomic mass is 9.92. The van der Waals surface area contributed by atoms with E-state index >= 15 is 0 Å². The fourth-order valence-electron chi connectivity index (χ4n) is 8.30. The van der Waals surface area contributed by atoms with Gasteiger partial charge in [-0.15, -0.1) is 20.4 Å². The van der Waals surface area contributed by atoms with Crippen LogP contribution in [0.2, 0.25) is 0 Å². The monoisotopic (exact) mass is 1320 g/mol. The lowest BCUT2D eigenvalue weighted by molar-refractivity contribution is -0.130. The Labute approximate surface area is 541 Å². The van der Waals surface area contributed by atoms with Crippen LogP contribution in [0.25, 0.3) is 0 Å².